The molecule has 21 heavy (non-hydrogen) atoms. The van der Waals surface area contributed by atoms with Crippen molar-refractivity contribution in [2.75, 3.05) is 20.2 Å². The summed E-state index contributed by atoms with van der Waals surface area (Å²) in [6.45, 7) is 6.38. The number of hydrogen-bond donors (Lipinski definition) is 1. The van der Waals surface area contributed by atoms with Crippen LogP contribution in [0.5, 0.6) is 0 Å². The fraction of sp³-hybridized carbons (Fsp3) is 0.824. The third kappa shape index (κ3) is 3.02. The van der Waals surface area contributed by atoms with E-state index >= 15 is 0 Å². The fourth-order valence-electron chi connectivity index (χ4n) is 3.80. The number of aromatic nitrogens is 2. The molecule has 0 bridgehead atoms. The van der Waals surface area contributed by atoms with E-state index in [0.29, 0.717) is 12.1 Å². The Balaban J connectivity index is 1.77. The van der Waals surface area contributed by atoms with E-state index in [2.05, 4.69) is 43.2 Å². The Hall–Kier alpha value is -0.870. The summed E-state index contributed by atoms with van der Waals surface area (Å²) in [7, 11) is 2.06. The first kappa shape index (κ1) is 15.0. The van der Waals surface area contributed by atoms with E-state index in [0.717, 1.165) is 38.3 Å². The Labute approximate surface area is 128 Å². The molecule has 0 radical (unpaired) electrons. The maximum atomic E-state index is 6.12. The lowest BCUT2D eigenvalue weighted by Gasteiger charge is -2.33. The molecule has 4 nitrogen and oxygen atoms in total. The Morgan fingerprint density at radius 3 is 3.00 bits per heavy atom. The molecule has 1 N–H and O–H groups in total. The summed E-state index contributed by atoms with van der Waals surface area (Å²) in [5.74, 6) is 0.789. The van der Waals surface area contributed by atoms with Gasteiger partial charge in [0.15, 0.2) is 0 Å². The third-order valence-corrected chi connectivity index (χ3v) is 5.32. The standard InChI is InChI=1S/C17H29N3O/c1-4-13(2)20-9-7-15(19-20)11-17(12-18-3)8-10-21-16(17)14-5-6-14/h7,9,13-14,16,18H,4-6,8,10-12H2,1-3H3. The highest BCUT2D eigenvalue weighted by atomic mass is 16.5. The van der Waals surface area contributed by atoms with Crippen molar-refractivity contribution in [2.45, 2.75) is 58.1 Å². The average molecular weight is 291 g/mol. The lowest BCUT2D eigenvalue weighted by molar-refractivity contribution is 0.0309. The Bertz CT molecular complexity index is 468. The van der Waals surface area contributed by atoms with Crippen LogP contribution >= 0.6 is 0 Å². The molecule has 118 valence electrons. The maximum Gasteiger partial charge on any atom is 0.0676 e. The monoisotopic (exact) mass is 291 g/mol. The second-order valence-electron chi connectivity index (χ2n) is 6.99. The van der Waals surface area contributed by atoms with Crippen molar-refractivity contribution in [3.8, 4) is 0 Å². The van der Waals surface area contributed by atoms with Gasteiger partial charge in [0.2, 0.25) is 0 Å². The topological polar surface area (TPSA) is 39.1 Å². The first-order valence-corrected chi connectivity index (χ1v) is 8.49. The SMILES string of the molecule is CCC(C)n1ccc(CC2(CNC)CCOC2C2CC2)n1. The highest BCUT2D eigenvalue weighted by molar-refractivity contribution is 5.10. The summed E-state index contributed by atoms with van der Waals surface area (Å²) in [5, 5.41) is 8.23. The summed E-state index contributed by atoms with van der Waals surface area (Å²) in [5.41, 5.74) is 1.46. The van der Waals surface area contributed by atoms with Gasteiger partial charge in [0.1, 0.15) is 0 Å². The van der Waals surface area contributed by atoms with Gasteiger partial charge in [0.05, 0.1) is 11.8 Å². The molecule has 1 aromatic rings. The Morgan fingerprint density at radius 1 is 1.52 bits per heavy atom. The maximum absolute atomic E-state index is 6.12. The molecule has 0 spiro atoms. The molecule has 1 saturated heterocycles. The van der Waals surface area contributed by atoms with E-state index < -0.39 is 0 Å². The van der Waals surface area contributed by atoms with Crippen LogP contribution in [0.1, 0.15) is 51.3 Å². The molecule has 1 aliphatic carbocycles. The van der Waals surface area contributed by atoms with Crippen LogP contribution in [0.15, 0.2) is 12.3 Å². The van der Waals surface area contributed by atoms with Gasteiger partial charge in [-0.25, -0.2) is 0 Å². The Morgan fingerprint density at radius 2 is 2.33 bits per heavy atom. The van der Waals surface area contributed by atoms with Crippen molar-refractivity contribution >= 4 is 0 Å². The fourth-order valence-corrected chi connectivity index (χ4v) is 3.80. The minimum absolute atomic E-state index is 0.241. The van der Waals surface area contributed by atoms with E-state index in [-0.39, 0.29) is 5.41 Å². The molecule has 3 unspecified atom stereocenters. The highest BCUT2D eigenvalue weighted by Crippen LogP contribution is 2.49. The predicted molar refractivity (Wildman–Crippen MR) is 84.4 cm³/mol. The summed E-state index contributed by atoms with van der Waals surface area (Å²) in [4.78, 5) is 0. The van der Waals surface area contributed by atoms with Crippen LogP contribution in [0.2, 0.25) is 0 Å². The summed E-state index contributed by atoms with van der Waals surface area (Å²) >= 11 is 0. The summed E-state index contributed by atoms with van der Waals surface area (Å²) in [6.07, 6.45) is 8.58. The van der Waals surface area contributed by atoms with Crippen molar-refractivity contribution in [2.24, 2.45) is 11.3 Å². The van der Waals surface area contributed by atoms with Gasteiger partial charge in [-0.3, -0.25) is 4.68 Å². The number of rotatable bonds is 7. The lowest BCUT2D eigenvalue weighted by Crippen LogP contribution is -2.42. The highest BCUT2D eigenvalue weighted by Gasteiger charge is 2.50. The summed E-state index contributed by atoms with van der Waals surface area (Å²) < 4.78 is 8.23. The van der Waals surface area contributed by atoms with E-state index in [1.165, 1.54) is 18.5 Å². The molecule has 2 aliphatic rings. The molecule has 3 atom stereocenters. The first-order valence-electron chi connectivity index (χ1n) is 8.49. The van der Waals surface area contributed by atoms with Crippen LogP contribution in [0.25, 0.3) is 0 Å². The molecule has 3 rings (SSSR count). The second kappa shape index (κ2) is 6.09. The molecule has 4 heteroatoms. The largest absolute Gasteiger partial charge is 0.377 e. The van der Waals surface area contributed by atoms with E-state index in [4.69, 9.17) is 9.84 Å². The van der Waals surface area contributed by atoms with Crippen molar-refractivity contribution < 1.29 is 4.74 Å². The van der Waals surface area contributed by atoms with Gasteiger partial charge in [-0.15, -0.1) is 0 Å². The molecule has 0 aromatic carbocycles. The van der Waals surface area contributed by atoms with Crippen LogP contribution in [0.4, 0.5) is 0 Å². The molecular formula is C17H29N3O. The van der Waals surface area contributed by atoms with E-state index in [1.807, 2.05) is 0 Å². The van der Waals surface area contributed by atoms with Gasteiger partial charge in [0, 0.05) is 37.2 Å². The molecule has 1 aliphatic heterocycles. The number of hydrogen-bond acceptors (Lipinski definition) is 3. The zero-order valence-electron chi connectivity index (χ0n) is 13.6. The minimum atomic E-state index is 0.241. The third-order valence-electron chi connectivity index (χ3n) is 5.32. The van der Waals surface area contributed by atoms with Gasteiger partial charge in [-0.1, -0.05) is 6.92 Å². The smallest absolute Gasteiger partial charge is 0.0676 e. The van der Waals surface area contributed by atoms with Crippen LogP contribution in [0.3, 0.4) is 0 Å². The lowest BCUT2D eigenvalue weighted by atomic mass is 9.75. The number of nitrogens with one attached hydrogen (secondary N) is 1. The zero-order chi connectivity index (χ0) is 14.9. The molecule has 1 saturated carbocycles. The van der Waals surface area contributed by atoms with Crippen LogP contribution in [0, 0.1) is 11.3 Å². The molecule has 1 aromatic heterocycles. The van der Waals surface area contributed by atoms with Crippen molar-refractivity contribution in [3.05, 3.63) is 18.0 Å². The number of nitrogens with zero attached hydrogens (tertiary/aromatic N) is 2. The molecule has 2 heterocycles. The summed E-state index contributed by atoms with van der Waals surface area (Å²) in [6, 6.07) is 2.68. The first-order chi connectivity index (χ1) is 10.2. The van der Waals surface area contributed by atoms with Crippen LogP contribution < -0.4 is 5.32 Å². The number of ether oxygens (including phenoxy) is 1. The van der Waals surface area contributed by atoms with Crippen molar-refractivity contribution in [3.63, 3.8) is 0 Å². The van der Waals surface area contributed by atoms with Crippen molar-refractivity contribution in [1.82, 2.24) is 15.1 Å². The molecule has 0 amide bonds. The quantitative estimate of drug-likeness (QED) is 0.839. The predicted octanol–water partition coefficient (Wildman–Crippen LogP) is 2.80. The minimum Gasteiger partial charge on any atom is -0.377 e. The molecule has 2 fully saturated rings. The van der Waals surface area contributed by atoms with Gasteiger partial charge in [-0.05, 0) is 51.6 Å². The zero-order valence-corrected chi connectivity index (χ0v) is 13.6. The van der Waals surface area contributed by atoms with Gasteiger partial charge >= 0.3 is 0 Å². The van der Waals surface area contributed by atoms with Crippen LogP contribution in [-0.4, -0.2) is 36.1 Å². The van der Waals surface area contributed by atoms with Gasteiger partial charge in [0.25, 0.3) is 0 Å². The normalized spacial score (nSPS) is 30.7. The van der Waals surface area contributed by atoms with Gasteiger partial charge in [-0.2, -0.15) is 5.10 Å². The molecular weight excluding hydrogens is 262 g/mol. The van der Waals surface area contributed by atoms with Gasteiger partial charge < -0.3 is 10.1 Å². The Kier molecular flexibility index (Phi) is 4.36. The van der Waals surface area contributed by atoms with E-state index in [9.17, 15) is 0 Å². The average Bonchev–Trinajstić information content (AvgIpc) is 3.08. The van der Waals surface area contributed by atoms with Crippen molar-refractivity contribution in [1.29, 1.82) is 0 Å². The van der Waals surface area contributed by atoms with Crippen LogP contribution in [-0.2, 0) is 11.2 Å². The second-order valence-corrected chi connectivity index (χ2v) is 6.99. The van der Waals surface area contributed by atoms with E-state index in [1.54, 1.807) is 0 Å².